The Kier molecular flexibility index (Phi) is 6.14. The Bertz CT molecular complexity index is 1050. The van der Waals surface area contributed by atoms with Crippen LogP contribution in [-0.2, 0) is 6.61 Å². The quantitative estimate of drug-likeness (QED) is 0.244. The van der Waals surface area contributed by atoms with Gasteiger partial charge in [-0.05, 0) is 60.9 Å². The number of hydrogen-bond donors (Lipinski definition) is 0. The molecule has 0 radical (unpaired) electrons. The van der Waals surface area contributed by atoms with Crippen molar-refractivity contribution in [2.45, 2.75) is 20.5 Å². The summed E-state index contributed by atoms with van der Waals surface area (Å²) in [5.74, 6) is 0.497. The monoisotopic (exact) mass is 388 g/mol. The molecule has 0 fully saturated rings. The molecular formula is C23H20N2O4. The van der Waals surface area contributed by atoms with Gasteiger partial charge in [-0.3, -0.25) is 19.9 Å². The maximum Gasteiger partial charge on any atom is 0.270 e. The number of hydrogen-bond acceptors (Lipinski definition) is 5. The van der Waals surface area contributed by atoms with Crippen molar-refractivity contribution in [2.24, 2.45) is 0 Å². The second kappa shape index (κ2) is 8.93. The van der Waals surface area contributed by atoms with Crippen molar-refractivity contribution in [1.29, 1.82) is 0 Å². The number of allylic oxidation sites excluding steroid dienone is 1. The van der Waals surface area contributed by atoms with Gasteiger partial charge in [-0.2, -0.15) is 0 Å². The Balaban J connectivity index is 1.73. The summed E-state index contributed by atoms with van der Waals surface area (Å²) < 4.78 is 5.92. The van der Waals surface area contributed by atoms with Crippen molar-refractivity contribution in [2.75, 3.05) is 0 Å². The van der Waals surface area contributed by atoms with Crippen LogP contribution in [0.4, 0.5) is 5.69 Å². The molecule has 0 spiro atoms. The maximum absolute atomic E-state index is 12.3. The lowest BCUT2D eigenvalue weighted by Crippen LogP contribution is -2.01. The zero-order chi connectivity index (χ0) is 20.8. The number of pyridine rings is 1. The van der Waals surface area contributed by atoms with E-state index >= 15 is 0 Å². The highest BCUT2D eigenvalue weighted by molar-refractivity contribution is 6.07. The standard InChI is InChI=1S/C23H20N2O4/c1-16-12-18(9-10-22(26)19-6-5-8-21(14-19)25(27)28)13-17(2)23(16)29-15-20-7-3-4-11-24-20/h3-14H,15H2,1-2H3. The van der Waals surface area contributed by atoms with Crippen LogP contribution in [-0.4, -0.2) is 15.7 Å². The van der Waals surface area contributed by atoms with Crippen LogP contribution in [0.2, 0.25) is 0 Å². The number of carbonyl (C=O) groups is 1. The van der Waals surface area contributed by atoms with Gasteiger partial charge >= 0.3 is 0 Å². The van der Waals surface area contributed by atoms with Crippen molar-refractivity contribution in [3.8, 4) is 5.75 Å². The maximum atomic E-state index is 12.3. The molecule has 146 valence electrons. The Hall–Kier alpha value is -3.80. The molecule has 2 aromatic carbocycles. The van der Waals surface area contributed by atoms with E-state index in [1.807, 2.05) is 44.2 Å². The highest BCUT2D eigenvalue weighted by Crippen LogP contribution is 2.26. The molecule has 3 rings (SSSR count). The number of ether oxygens (including phenoxy) is 1. The first-order valence-corrected chi connectivity index (χ1v) is 9.05. The Morgan fingerprint density at radius 3 is 2.52 bits per heavy atom. The number of aryl methyl sites for hydroxylation is 2. The summed E-state index contributed by atoms with van der Waals surface area (Å²) in [7, 11) is 0. The number of aromatic nitrogens is 1. The van der Waals surface area contributed by atoms with Crippen LogP contribution in [0.25, 0.3) is 6.08 Å². The summed E-state index contributed by atoms with van der Waals surface area (Å²) >= 11 is 0. The predicted octanol–water partition coefficient (Wildman–Crippen LogP) is 5.08. The number of nitrogens with zero attached hydrogens (tertiary/aromatic N) is 2. The van der Waals surface area contributed by atoms with Crippen molar-refractivity contribution in [3.05, 3.63) is 105 Å². The van der Waals surface area contributed by atoms with Gasteiger partial charge in [0, 0.05) is 23.9 Å². The smallest absolute Gasteiger partial charge is 0.270 e. The molecule has 0 bridgehead atoms. The Morgan fingerprint density at radius 1 is 1.10 bits per heavy atom. The van der Waals surface area contributed by atoms with Crippen LogP contribution in [0, 0.1) is 24.0 Å². The van der Waals surface area contributed by atoms with Gasteiger partial charge in [-0.15, -0.1) is 0 Å². The Labute approximate surface area is 168 Å². The molecular weight excluding hydrogens is 368 g/mol. The number of nitro benzene ring substituents is 1. The fourth-order valence-electron chi connectivity index (χ4n) is 2.98. The summed E-state index contributed by atoms with van der Waals surface area (Å²) in [6, 6.07) is 15.2. The largest absolute Gasteiger partial charge is 0.487 e. The molecule has 1 aromatic heterocycles. The molecule has 3 aromatic rings. The van der Waals surface area contributed by atoms with E-state index < -0.39 is 4.92 Å². The third kappa shape index (κ3) is 5.13. The molecule has 0 saturated carbocycles. The van der Waals surface area contributed by atoms with Crippen molar-refractivity contribution in [3.63, 3.8) is 0 Å². The summed E-state index contributed by atoms with van der Waals surface area (Å²) in [4.78, 5) is 26.9. The number of ketones is 1. The average Bonchev–Trinajstić information content (AvgIpc) is 2.72. The van der Waals surface area contributed by atoms with Crippen LogP contribution in [0.3, 0.4) is 0 Å². The second-order valence-corrected chi connectivity index (χ2v) is 6.60. The number of benzene rings is 2. The lowest BCUT2D eigenvalue weighted by Gasteiger charge is -2.13. The molecule has 29 heavy (non-hydrogen) atoms. The van der Waals surface area contributed by atoms with Crippen LogP contribution in [0.15, 0.2) is 66.9 Å². The number of rotatable bonds is 7. The molecule has 0 atom stereocenters. The van der Waals surface area contributed by atoms with Crippen molar-refractivity contribution < 1.29 is 14.5 Å². The molecule has 0 amide bonds. The van der Waals surface area contributed by atoms with Crippen LogP contribution < -0.4 is 4.74 Å². The lowest BCUT2D eigenvalue weighted by atomic mass is 10.0. The zero-order valence-electron chi connectivity index (χ0n) is 16.2. The van der Waals surface area contributed by atoms with Crippen LogP contribution in [0.1, 0.15) is 32.7 Å². The van der Waals surface area contributed by atoms with Gasteiger partial charge in [-0.25, -0.2) is 0 Å². The highest BCUT2D eigenvalue weighted by atomic mass is 16.6. The zero-order valence-corrected chi connectivity index (χ0v) is 16.2. The molecule has 1 heterocycles. The molecule has 0 saturated heterocycles. The summed E-state index contributed by atoms with van der Waals surface area (Å²) in [5, 5.41) is 10.9. The number of carbonyl (C=O) groups excluding carboxylic acids is 1. The Morgan fingerprint density at radius 2 is 1.86 bits per heavy atom. The first kappa shape index (κ1) is 19.9. The highest BCUT2D eigenvalue weighted by Gasteiger charge is 2.10. The van der Waals surface area contributed by atoms with Gasteiger partial charge in [0.1, 0.15) is 12.4 Å². The van der Waals surface area contributed by atoms with Gasteiger partial charge in [-0.1, -0.05) is 24.3 Å². The second-order valence-electron chi connectivity index (χ2n) is 6.60. The minimum atomic E-state index is -0.517. The average molecular weight is 388 g/mol. The van der Waals surface area contributed by atoms with Gasteiger partial charge in [0.25, 0.3) is 5.69 Å². The third-order valence-electron chi connectivity index (χ3n) is 4.34. The predicted molar refractivity (Wildman–Crippen MR) is 111 cm³/mol. The molecule has 6 nitrogen and oxygen atoms in total. The van der Waals surface area contributed by atoms with Gasteiger partial charge < -0.3 is 4.74 Å². The van der Waals surface area contributed by atoms with Gasteiger partial charge in [0.05, 0.1) is 10.6 Å². The molecule has 0 aliphatic carbocycles. The fraction of sp³-hybridized carbons (Fsp3) is 0.130. The number of nitro groups is 1. The molecule has 0 unspecified atom stereocenters. The van der Waals surface area contributed by atoms with Gasteiger partial charge in [0.15, 0.2) is 5.78 Å². The van der Waals surface area contributed by atoms with Crippen molar-refractivity contribution >= 4 is 17.5 Å². The minimum Gasteiger partial charge on any atom is -0.487 e. The fourth-order valence-corrected chi connectivity index (χ4v) is 2.98. The lowest BCUT2D eigenvalue weighted by molar-refractivity contribution is -0.384. The SMILES string of the molecule is Cc1cc(C=CC(=O)c2cccc([N+](=O)[O-])c2)cc(C)c1OCc1ccccn1. The molecule has 0 aliphatic heterocycles. The topological polar surface area (TPSA) is 82.3 Å². The van der Waals surface area contributed by atoms with E-state index in [4.69, 9.17) is 4.74 Å². The normalized spacial score (nSPS) is 10.8. The van der Waals surface area contributed by atoms with Gasteiger partial charge in [0.2, 0.25) is 0 Å². The summed E-state index contributed by atoms with van der Waals surface area (Å²) in [6.45, 7) is 4.27. The van der Waals surface area contributed by atoms with E-state index in [9.17, 15) is 14.9 Å². The molecule has 0 aliphatic rings. The first-order chi connectivity index (χ1) is 13.9. The van der Waals surface area contributed by atoms with E-state index in [-0.39, 0.29) is 17.0 Å². The van der Waals surface area contributed by atoms with E-state index in [0.717, 1.165) is 28.1 Å². The minimum absolute atomic E-state index is 0.106. The summed E-state index contributed by atoms with van der Waals surface area (Å²) in [5.41, 5.74) is 3.76. The summed E-state index contributed by atoms with van der Waals surface area (Å²) in [6.07, 6.45) is 4.84. The van der Waals surface area contributed by atoms with Crippen LogP contribution >= 0.6 is 0 Å². The van der Waals surface area contributed by atoms with E-state index in [1.165, 1.54) is 24.3 Å². The molecule has 6 heteroatoms. The van der Waals surface area contributed by atoms with E-state index in [2.05, 4.69) is 4.98 Å². The van der Waals surface area contributed by atoms with E-state index in [0.29, 0.717) is 6.61 Å². The third-order valence-corrected chi connectivity index (χ3v) is 4.34. The first-order valence-electron chi connectivity index (χ1n) is 9.05. The van der Waals surface area contributed by atoms with Crippen molar-refractivity contribution in [1.82, 2.24) is 4.98 Å². The molecule has 0 N–H and O–H groups in total. The number of non-ortho nitro benzene ring substituents is 1. The van der Waals surface area contributed by atoms with E-state index in [1.54, 1.807) is 18.3 Å². The van der Waals surface area contributed by atoms with Crippen LogP contribution in [0.5, 0.6) is 5.75 Å².